The third kappa shape index (κ3) is 3.75. The summed E-state index contributed by atoms with van der Waals surface area (Å²) in [5.41, 5.74) is 12.0. The summed E-state index contributed by atoms with van der Waals surface area (Å²) in [5.74, 6) is 0. The molecule has 0 aliphatic heterocycles. The van der Waals surface area contributed by atoms with Crippen molar-refractivity contribution in [2.75, 3.05) is 0 Å². The molecule has 6 rings (SSSR count). The second-order valence-corrected chi connectivity index (χ2v) is 14.0. The van der Waals surface area contributed by atoms with E-state index in [9.17, 15) is 0 Å². The van der Waals surface area contributed by atoms with E-state index >= 15 is 0 Å². The standard InChI is InChI=1S/C32H30I/c1-31(2)19-23-17-25(31)9-15-29(23)21-5-11-27(12-6-21)33-28-13-7-22(8-14-28)30-16-10-26-18-24(30)20-32(26,3)4/h5-18H,19-20H2,1-4H3/q+1. The highest BCUT2D eigenvalue weighted by atomic mass is 127. The van der Waals surface area contributed by atoms with Gasteiger partial charge in [-0.05, 0) is 117 Å². The molecule has 0 nitrogen and oxygen atoms in total. The van der Waals surface area contributed by atoms with Gasteiger partial charge in [-0.2, -0.15) is 0 Å². The highest BCUT2D eigenvalue weighted by Crippen LogP contribution is 2.41. The first kappa shape index (κ1) is 21.2. The molecule has 0 aromatic heterocycles. The summed E-state index contributed by atoms with van der Waals surface area (Å²) in [6.45, 7) is 9.40. The number of rotatable bonds is 4. The van der Waals surface area contributed by atoms with E-state index in [2.05, 4.69) is 113 Å². The maximum Gasteiger partial charge on any atom is 0.357 e. The maximum absolute atomic E-state index is 2.40. The molecule has 0 spiro atoms. The highest BCUT2D eigenvalue weighted by molar-refractivity contribution is 5.71. The molecule has 0 fully saturated rings. The van der Waals surface area contributed by atoms with Crippen molar-refractivity contribution in [3.8, 4) is 22.3 Å². The van der Waals surface area contributed by atoms with Gasteiger partial charge >= 0.3 is 21.2 Å². The molecule has 0 saturated carbocycles. The topological polar surface area (TPSA) is 0 Å². The van der Waals surface area contributed by atoms with Crippen LogP contribution in [0, 0.1) is 7.14 Å². The van der Waals surface area contributed by atoms with Crippen molar-refractivity contribution in [3.05, 3.63) is 114 Å². The molecule has 4 bridgehead atoms. The summed E-state index contributed by atoms with van der Waals surface area (Å²) in [4.78, 5) is 0. The summed E-state index contributed by atoms with van der Waals surface area (Å²) >= 11 is -0.171. The minimum atomic E-state index is -0.171. The zero-order valence-corrected chi connectivity index (χ0v) is 22.0. The van der Waals surface area contributed by atoms with E-state index in [4.69, 9.17) is 0 Å². The van der Waals surface area contributed by atoms with Gasteiger partial charge in [0.2, 0.25) is 0 Å². The predicted molar refractivity (Wildman–Crippen MR) is 135 cm³/mol. The Balaban J connectivity index is 1.18. The van der Waals surface area contributed by atoms with E-state index in [1.165, 1.54) is 51.6 Å². The summed E-state index contributed by atoms with van der Waals surface area (Å²) < 4.78 is 2.95. The number of halogens is 1. The van der Waals surface area contributed by atoms with E-state index in [1.54, 1.807) is 0 Å². The lowest BCUT2D eigenvalue weighted by atomic mass is 9.87. The fraction of sp³-hybridized carbons (Fsp3) is 0.250. The zero-order chi connectivity index (χ0) is 22.8. The van der Waals surface area contributed by atoms with Crippen LogP contribution in [0.1, 0.15) is 49.9 Å². The predicted octanol–water partition coefficient (Wildman–Crippen LogP) is 4.82. The first-order valence-electron chi connectivity index (χ1n) is 11.9. The SMILES string of the molecule is CC1(C)Cc2cc1ccc2-c1ccc([I+]c2ccc(-c3ccc4cc3CC4(C)C)cc2)cc1. The van der Waals surface area contributed by atoms with Gasteiger partial charge < -0.3 is 0 Å². The van der Waals surface area contributed by atoms with Crippen LogP contribution in [0.2, 0.25) is 0 Å². The van der Waals surface area contributed by atoms with Crippen molar-refractivity contribution < 1.29 is 21.2 Å². The largest absolute Gasteiger partial charge is 0.357 e. The first-order chi connectivity index (χ1) is 15.8. The molecule has 0 saturated heterocycles. The summed E-state index contributed by atoms with van der Waals surface area (Å²) in [7, 11) is 0. The summed E-state index contributed by atoms with van der Waals surface area (Å²) in [5, 5.41) is 0. The van der Waals surface area contributed by atoms with Gasteiger partial charge in [0.05, 0.1) is 0 Å². The number of fused-ring (bicyclic) bond motifs is 4. The van der Waals surface area contributed by atoms with Crippen LogP contribution in [-0.4, -0.2) is 0 Å². The van der Waals surface area contributed by atoms with Crippen molar-refractivity contribution in [3.63, 3.8) is 0 Å². The molecular formula is C32H30I+. The normalized spacial score (nSPS) is 16.8. The van der Waals surface area contributed by atoms with Crippen LogP contribution >= 0.6 is 0 Å². The molecule has 0 atom stereocenters. The van der Waals surface area contributed by atoms with Crippen molar-refractivity contribution in [1.82, 2.24) is 0 Å². The molecule has 0 unspecified atom stereocenters. The van der Waals surface area contributed by atoms with E-state index in [0.717, 1.165) is 12.8 Å². The number of hydrogen-bond donors (Lipinski definition) is 0. The Labute approximate surface area is 208 Å². The fourth-order valence-corrected chi connectivity index (χ4v) is 7.71. The van der Waals surface area contributed by atoms with Crippen molar-refractivity contribution >= 4 is 0 Å². The molecular weight excluding hydrogens is 511 g/mol. The molecule has 164 valence electrons. The van der Waals surface area contributed by atoms with Gasteiger partial charge in [0, 0.05) is 0 Å². The molecule has 4 aromatic rings. The third-order valence-corrected chi connectivity index (χ3v) is 10.3. The van der Waals surface area contributed by atoms with Crippen LogP contribution in [0.15, 0.2) is 84.9 Å². The molecule has 0 heterocycles. The van der Waals surface area contributed by atoms with E-state index in [0.29, 0.717) is 0 Å². The lowest BCUT2D eigenvalue weighted by Gasteiger charge is -2.17. The van der Waals surface area contributed by atoms with Gasteiger partial charge in [-0.15, -0.1) is 0 Å². The van der Waals surface area contributed by atoms with Crippen LogP contribution < -0.4 is 21.2 Å². The average molecular weight is 541 g/mol. The van der Waals surface area contributed by atoms with Gasteiger partial charge in [0.15, 0.2) is 7.14 Å². The molecule has 0 amide bonds. The smallest absolute Gasteiger partial charge is 0.0579 e. The van der Waals surface area contributed by atoms with E-state index < -0.39 is 0 Å². The zero-order valence-electron chi connectivity index (χ0n) is 19.9. The van der Waals surface area contributed by atoms with Crippen LogP contribution in [0.5, 0.6) is 0 Å². The van der Waals surface area contributed by atoms with Gasteiger partial charge in [-0.3, -0.25) is 0 Å². The summed E-state index contributed by atoms with van der Waals surface area (Å²) in [6.07, 6.45) is 2.29. The Morgan fingerprint density at radius 2 is 0.909 bits per heavy atom. The maximum atomic E-state index is 2.40. The molecule has 2 aliphatic rings. The molecule has 0 N–H and O–H groups in total. The van der Waals surface area contributed by atoms with Crippen LogP contribution in [0.3, 0.4) is 0 Å². The van der Waals surface area contributed by atoms with Crippen LogP contribution in [0.4, 0.5) is 0 Å². The number of benzene rings is 4. The van der Waals surface area contributed by atoms with Crippen molar-refractivity contribution in [1.29, 1.82) is 0 Å². The lowest BCUT2D eigenvalue weighted by molar-refractivity contribution is -0.597. The second-order valence-electron chi connectivity index (χ2n) is 11.0. The van der Waals surface area contributed by atoms with Crippen molar-refractivity contribution in [2.45, 2.75) is 51.4 Å². The Kier molecular flexibility index (Phi) is 4.85. The van der Waals surface area contributed by atoms with Gasteiger partial charge in [0.25, 0.3) is 0 Å². The Bertz CT molecular complexity index is 1250. The van der Waals surface area contributed by atoms with E-state index in [1.807, 2.05) is 0 Å². The highest BCUT2D eigenvalue weighted by Gasteiger charge is 2.30. The molecule has 33 heavy (non-hydrogen) atoms. The molecule has 2 aliphatic carbocycles. The molecule has 0 radical (unpaired) electrons. The minimum absolute atomic E-state index is 0.171. The average Bonchev–Trinajstić information content (AvgIpc) is 3.17. The Hall–Kier alpha value is -2.39. The van der Waals surface area contributed by atoms with Crippen molar-refractivity contribution in [2.24, 2.45) is 0 Å². The van der Waals surface area contributed by atoms with Gasteiger partial charge in [0.1, 0.15) is 0 Å². The Morgan fingerprint density at radius 1 is 0.515 bits per heavy atom. The first-order valence-corrected chi connectivity index (χ1v) is 14.1. The Morgan fingerprint density at radius 3 is 1.30 bits per heavy atom. The number of hydrogen-bond acceptors (Lipinski definition) is 0. The monoisotopic (exact) mass is 541 g/mol. The molecule has 4 aromatic carbocycles. The molecule has 1 heteroatoms. The summed E-state index contributed by atoms with van der Waals surface area (Å²) in [6, 6.07) is 32.8. The second kappa shape index (κ2) is 7.56. The van der Waals surface area contributed by atoms with Gasteiger partial charge in [-0.25, -0.2) is 0 Å². The fourth-order valence-electron chi connectivity index (χ4n) is 5.55. The van der Waals surface area contributed by atoms with Crippen LogP contribution in [0.25, 0.3) is 22.3 Å². The third-order valence-electron chi connectivity index (χ3n) is 7.57. The minimum Gasteiger partial charge on any atom is -0.0579 e. The quantitative estimate of drug-likeness (QED) is 0.326. The van der Waals surface area contributed by atoms with E-state index in [-0.39, 0.29) is 32.0 Å². The van der Waals surface area contributed by atoms with Crippen LogP contribution in [-0.2, 0) is 23.7 Å². The van der Waals surface area contributed by atoms with Gasteiger partial charge in [-0.1, -0.05) is 64.1 Å². The lowest BCUT2D eigenvalue weighted by Crippen LogP contribution is -3.61.